The number of oxazole rings is 1. The van der Waals surface area contributed by atoms with Crippen molar-refractivity contribution in [2.24, 2.45) is 0 Å². The molecule has 54 valence electrons. The Labute approximate surface area is 57.8 Å². The topological polar surface area (TPSA) is 52.3 Å². The number of carbonyl (C=O) groups excluding carboxylic acids is 1. The molecule has 0 aliphatic heterocycles. The largest absolute Gasteiger partial charge is 0.454 e. The zero-order valence-electron chi connectivity index (χ0n) is 5.75. The SMILES string of the molecule is COc1nc(C(C)=O)co1. The fourth-order valence-corrected chi connectivity index (χ4v) is 0.513. The fraction of sp³-hybridized carbons (Fsp3) is 0.333. The third kappa shape index (κ3) is 1.15. The van der Waals surface area contributed by atoms with Gasteiger partial charge in [0.25, 0.3) is 0 Å². The molecule has 0 atom stereocenters. The molecule has 0 N–H and O–H groups in total. The molecular formula is C6H7NO3. The van der Waals surface area contributed by atoms with Gasteiger partial charge < -0.3 is 9.15 Å². The molecule has 0 bridgehead atoms. The number of hydrogen-bond acceptors (Lipinski definition) is 4. The number of ether oxygens (including phenoxy) is 1. The lowest BCUT2D eigenvalue weighted by atomic mass is 10.4. The minimum absolute atomic E-state index is 0.116. The number of rotatable bonds is 2. The molecule has 0 amide bonds. The van der Waals surface area contributed by atoms with E-state index >= 15 is 0 Å². The third-order valence-corrected chi connectivity index (χ3v) is 1.02. The predicted molar refractivity (Wildman–Crippen MR) is 33.1 cm³/mol. The molecule has 0 aliphatic carbocycles. The number of nitrogens with zero attached hydrogens (tertiary/aromatic N) is 1. The second-order valence-corrected chi connectivity index (χ2v) is 1.76. The Kier molecular flexibility index (Phi) is 1.71. The first kappa shape index (κ1) is 6.80. The van der Waals surface area contributed by atoms with Crippen LogP contribution in [-0.2, 0) is 0 Å². The lowest BCUT2D eigenvalue weighted by molar-refractivity contribution is 0.101. The van der Waals surface area contributed by atoms with Gasteiger partial charge in [0.15, 0.2) is 5.78 Å². The summed E-state index contributed by atoms with van der Waals surface area (Å²) in [5.41, 5.74) is 0.289. The Morgan fingerprint density at radius 2 is 2.50 bits per heavy atom. The molecule has 0 saturated carbocycles. The Balaban J connectivity index is 2.88. The van der Waals surface area contributed by atoms with Crippen molar-refractivity contribution in [3.8, 4) is 6.08 Å². The van der Waals surface area contributed by atoms with Crippen LogP contribution in [0.4, 0.5) is 0 Å². The van der Waals surface area contributed by atoms with Crippen molar-refractivity contribution in [3.05, 3.63) is 12.0 Å². The second kappa shape index (κ2) is 2.51. The summed E-state index contributed by atoms with van der Waals surface area (Å²) in [7, 11) is 1.43. The third-order valence-electron chi connectivity index (χ3n) is 1.02. The number of Topliss-reactive ketones (excluding diaryl/α,β-unsaturated/α-hetero) is 1. The van der Waals surface area contributed by atoms with Crippen molar-refractivity contribution >= 4 is 5.78 Å². The van der Waals surface area contributed by atoms with Crippen molar-refractivity contribution in [3.63, 3.8) is 0 Å². The molecule has 0 unspecified atom stereocenters. The Morgan fingerprint density at radius 3 is 2.80 bits per heavy atom. The molecule has 0 fully saturated rings. The molecule has 0 spiro atoms. The molecule has 1 aromatic rings. The maximum Gasteiger partial charge on any atom is 0.393 e. The van der Waals surface area contributed by atoms with E-state index in [1.807, 2.05) is 0 Å². The summed E-state index contributed by atoms with van der Waals surface area (Å²) in [6, 6.07) is 0. The maximum absolute atomic E-state index is 10.6. The molecular weight excluding hydrogens is 134 g/mol. The number of hydrogen-bond donors (Lipinski definition) is 0. The van der Waals surface area contributed by atoms with E-state index in [2.05, 4.69) is 9.72 Å². The molecule has 1 aromatic heterocycles. The van der Waals surface area contributed by atoms with Crippen molar-refractivity contribution in [1.82, 2.24) is 4.98 Å². The highest BCUT2D eigenvalue weighted by atomic mass is 16.6. The highest BCUT2D eigenvalue weighted by Crippen LogP contribution is 2.08. The normalized spacial score (nSPS) is 9.40. The summed E-state index contributed by atoms with van der Waals surface area (Å²) in [6.07, 6.45) is 1.38. The van der Waals surface area contributed by atoms with Crippen LogP contribution in [0.5, 0.6) is 6.08 Å². The molecule has 4 nitrogen and oxygen atoms in total. The van der Waals surface area contributed by atoms with Gasteiger partial charge >= 0.3 is 6.08 Å². The van der Waals surface area contributed by atoms with Gasteiger partial charge in [0.1, 0.15) is 12.0 Å². The van der Waals surface area contributed by atoms with Gasteiger partial charge in [-0.15, -0.1) is 0 Å². The lowest BCUT2D eigenvalue weighted by Crippen LogP contribution is -1.91. The van der Waals surface area contributed by atoms with Crippen LogP contribution in [0.25, 0.3) is 0 Å². The molecule has 0 aromatic carbocycles. The summed E-state index contributed by atoms with van der Waals surface area (Å²) in [4.78, 5) is 14.3. The van der Waals surface area contributed by atoms with Gasteiger partial charge in [-0.3, -0.25) is 4.79 Å². The maximum atomic E-state index is 10.6. The van der Waals surface area contributed by atoms with E-state index in [1.165, 1.54) is 20.3 Å². The molecule has 1 rings (SSSR count). The van der Waals surface area contributed by atoms with E-state index in [0.717, 1.165) is 0 Å². The summed E-state index contributed by atoms with van der Waals surface area (Å²) >= 11 is 0. The van der Waals surface area contributed by atoms with E-state index in [0.29, 0.717) is 0 Å². The van der Waals surface area contributed by atoms with Crippen molar-refractivity contribution in [2.45, 2.75) is 6.92 Å². The van der Waals surface area contributed by atoms with E-state index in [-0.39, 0.29) is 17.6 Å². The van der Waals surface area contributed by atoms with Crippen LogP contribution < -0.4 is 4.74 Å². The first-order valence-electron chi connectivity index (χ1n) is 2.74. The fourth-order valence-electron chi connectivity index (χ4n) is 0.513. The minimum atomic E-state index is -0.132. The average molecular weight is 141 g/mol. The molecule has 0 aliphatic rings. The first-order chi connectivity index (χ1) is 4.74. The summed E-state index contributed by atoms with van der Waals surface area (Å²) in [5, 5.41) is 0. The Hall–Kier alpha value is -1.32. The van der Waals surface area contributed by atoms with E-state index in [1.54, 1.807) is 0 Å². The van der Waals surface area contributed by atoms with Crippen LogP contribution in [0.1, 0.15) is 17.4 Å². The Morgan fingerprint density at radius 1 is 1.80 bits per heavy atom. The molecule has 0 saturated heterocycles. The number of methoxy groups -OCH3 is 1. The smallest absolute Gasteiger partial charge is 0.393 e. The van der Waals surface area contributed by atoms with Gasteiger partial charge in [0, 0.05) is 6.92 Å². The van der Waals surface area contributed by atoms with Gasteiger partial charge in [0.2, 0.25) is 0 Å². The van der Waals surface area contributed by atoms with Crippen molar-refractivity contribution < 1.29 is 13.9 Å². The zero-order chi connectivity index (χ0) is 7.56. The zero-order valence-corrected chi connectivity index (χ0v) is 5.75. The summed E-state index contributed by atoms with van der Waals surface area (Å²) in [5.74, 6) is -0.132. The van der Waals surface area contributed by atoms with Crippen LogP contribution in [0.3, 0.4) is 0 Å². The standard InChI is InChI=1S/C6H7NO3/c1-4(8)5-3-10-6(7-5)9-2/h3H,1-2H3. The Bertz CT molecular complexity index is 241. The number of ketones is 1. The van der Waals surface area contributed by atoms with E-state index in [4.69, 9.17) is 4.42 Å². The summed E-state index contributed by atoms with van der Waals surface area (Å²) in [6.45, 7) is 1.41. The van der Waals surface area contributed by atoms with E-state index in [9.17, 15) is 4.79 Å². The van der Waals surface area contributed by atoms with Gasteiger partial charge in [-0.2, -0.15) is 4.98 Å². The predicted octanol–water partition coefficient (Wildman–Crippen LogP) is 0.886. The van der Waals surface area contributed by atoms with Crippen LogP contribution in [0.2, 0.25) is 0 Å². The van der Waals surface area contributed by atoms with Crippen LogP contribution in [0, 0.1) is 0 Å². The van der Waals surface area contributed by atoms with Gasteiger partial charge in [-0.1, -0.05) is 0 Å². The molecule has 4 heteroatoms. The first-order valence-corrected chi connectivity index (χ1v) is 2.74. The average Bonchev–Trinajstić information content (AvgIpc) is 2.34. The van der Waals surface area contributed by atoms with Crippen molar-refractivity contribution in [1.29, 1.82) is 0 Å². The monoisotopic (exact) mass is 141 g/mol. The highest BCUT2D eigenvalue weighted by Gasteiger charge is 2.06. The van der Waals surface area contributed by atoms with Crippen LogP contribution in [-0.4, -0.2) is 17.9 Å². The highest BCUT2D eigenvalue weighted by molar-refractivity contribution is 5.91. The minimum Gasteiger partial charge on any atom is -0.454 e. The van der Waals surface area contributed by atoms with Crippen LogP contribution >= 0.6 is 0 Å². The van der Waals surface area contributed by atoms with Crippen LogP contribution in [0.15, 0.2) is 10.7 Å². The van der Waals surface area contributed by atoms with E-state index < -0.39 is 0 Å². The summed E-state index contributed by atoms with van der Waals surface area (Å²) < 4.78 is 9.34. The lowest BCUT2D eigenvalue weighted by Gasteiger charge is -1.84. The van der Waals surface area contributed by atoms with Gasteiger partial charge in [-0.05, 0) is 0 Å². The number of aromatic nitrogens is 1. The quantitative estimate of drug-likeness (QED) is 0.574. The second-order valence-electron chi connectivity index (χ2n) is 1.76. The molecule has 0 radical (unpaired) electrons. The van der Waals surface area contributed by atoms with Crippen molar-refractivity contribution in [2.75, 3.05) is 7.11 Å². The number of carbonyl (C=O) groups is 1. The molecule has 10 heavy (non-hydrogen) atoms. The van der Waals surface area contributed by atoms with Gasteiger partial charge in [0.05, 0.1) is 7.11 Å². The molecule has 1 heterocycles. The van der Waals surface area contributed by atoms with Gasteiger partial charge in [-0.25, -0.2) is 0 Å².